The smallest absolute Gasteiger partial charge is 0.410 e. The van der Waals surface area contributed by atoms with Crippen LogP contribution in [0, 0.1) is 5.82 Å². The Kier molecular flexibility index (Phi) is 5.51. The van der Waals surface area contributed by atoms with Gasteiger partial charge in [0.2, 0.25) is 0 Å². The number of amides is 1. The lowest BCUT2D eigenvalue weighted by molar-refractivity contribution is 0.0210. The summed E-state index contributed by atoms with van der Waals surface area (Å²) in [4.78, 5) is 16.4. The molecule has 1 heterocycles. The number of likely N-dealkylation sites (tertiary alicyclic amines) is 1. The number of azide groups is 1. The van der Waals surface area contributed by atoms with Crippen molar-refractivity contribution in [2.24, 2.45) is 5.11 Å². The van der Waals surface area contributed by atoms with Gasteiger partial charge in [-0.1, -0.05) is 5.11 Å². The van der Waals surface area contributed by atoms with Crippen LogP contribution in [0.1, 0.15) is 33.6 Å². The summed E-state index contributed by atoms with van der Waals surface area (Å²) in [6.45, 7) is 6.66. The van der Waals surface area contributed by atoms with E-state index in [1.54, 1.807) is 11.0 Å². The van der Waals surface area contributed by atoms with Gasteiger partial charge in [-0.2, -0.15) is 0 Å². The van der Waals surface area contributed by atoms with Crippen LogP contribution in [0.15, 0.2) is 23.3 Å². The molecule has 1 aromatic rings. The number of rotatable bonds is 3. The average Bonchev–Trinajstić information content (AvgIpc) is 2.49. The second-order valence-electron chi connectivity index (χ2n) is 6.74. The second-order valence-corrected chi connectivity index (χ2v) is 6.74. The number of ether oxygens (including phenoxy) is 1. The van der Waals surface area contributed by atoms with Gasteiger partial charge < -0.3 is 15.0 Å². The number of carbonyl (C=O) groups excluding carboxylic acids is 1. The lowest BCUT2D eigenvalue weighted by atomic mass is 10.0. The molecule has 0 atom stereocenters. The van der Waals surface area contributed by atoms with Crippen molar-refractivity contribution in [3.63, 3.8) is 0 Å². The monoisotopic (exact) mass is 335 g/mol. The highest BCUT2D eigenvalue weighted by atomic mass is 19.1. The Morgan fingerprint density at radius 2 is 2.08 bits per heavy atom. The average molecular weight is 335 g/mol. The molecule has 1 saturated heterocycles. The second kappa shape index (κ2) is 7.40. The number of nitrogens with one attached hydrogen (secondary N) is 1. The summed E-state index contributed by atoms with van der Waals surface area (Å²) in [5, 5.41) is 6.77. The van der Waals surface area contributed by atoms with Gasteiger partial charge in [0.25, 0.3) is 0 Å². The maximum atomic E-state index is 13.3. The van der Waals surface area contributed by atoms with Gasteiger partial charge in [-0.3, -0.25) is 0 Å². The Bertz CT molecular complexity index is 644. The normalized spacial score (nSPS) is 15.6. The summed E-state index contributed by atoms with van der Waals surface area (Å²) in [6.07, 6.45) is 1.15. The fourth-order valence-electron chi connectivity index (χ4n) is 2.51. The summed E-state index contributed by atoms with van der Waals surface area (Å²) in [6, 6.07) is 4.17. The zero-order chi connectivity index (χ0) is 17.7. The number of halogens is 1. The minimum absolute atomic E-state index is 0.113. The first kappa shape index (κ1) is 17.9. The van der Waals surface area contributed by atoms with E-state index in [0.29, 0.717) is 18.8 Å². The van der Waals surface area contributed by atoms with Crippen LogP contribution < -0.4 is 5.32 Å². The van der Waals surface area contributed by atoms with Gasteiger partial charge in [-0.15, -0.1) is 0 Å². The highest BCUT2D eigenvalue weighted by Gasteiger charge is 2.27. The van der Waals surface area contributed by atoms with Crippen molar-refractivity contribution in [3.8, 4) is 0 Å². The molecule has 0 aromatic heterocycles. The van der Waals surface area contributed by atoms with E-state index in [1.165, 1.54) is 12.1 Å². The highest BCUT2D eigenvalue weighted by molar-refractivity contribution is 5.68. The molecule has 0 unspecified atom stereocenters. The van der Waals surface area contributed by atoms with E-state index in [9.17, 15) is 9.18 Å². The molecule has 0 spiro atoms. The maximum absolute atomic E-state index is 13.3. The summed E-state index contributed by atoms with van der Waals surface area (Å²) in [5.41, 5.74) is 8.89. The molecule has 24 heavy (non-hydrogen) atoms. The molecule has 7 nitrogen and oxygen atoms in total. The number of piperidine rings is 1. The Balaban J connectivity index is 1.94. The first-order chi connectivity index (χ1) is 11.3. The fraction of sp³-hybridized carbons (Fsp3) is 0.562. The minimum Gasteiger partial charge on any atom is -0.444 e. The lowest BCUT2D eigenvalue weighted by Gasteiger charge is -2.34. The van der Waals surface area contributed by atoms with E-state index >= 15 is 0 Å². The topological polar surface area (TPSA) is 90.3 Å². The zero-order valence-corrected chi connectivity index (χ0v) is 14.1. The van der Waals surface area contributed by atoms with Gasteiger partial charge in [-0.25, -0.2) is 9.18 Å². The maximum Gasteiger partial charge on any atom is 0.410 e. The van der Waals surface area contributed by atoms with E-state index in [0.717, 1.165) is 12.8 Å². The Labute approximate surface area is 140 Å². The number of benzene rings is 1. The Morgan fingerprint density at radius 1 is 1.42 bits per heavy atom. The summed E-state index contributed by atoms with van der Waals surface area (Å²) >= 11 is 0. The summed E-state index contributed by atoms with van der Waals surface area (Å²) in [5.74, 6) is -0.456. The van der Waals surface area contributed by atoms with Crippen molar-refractivity contribution in [1.82, 2.24) is 4.90 Å². The van der Waals surface area contributed by atoms with E-state index < -0.39 is 11.4 Å². The number of carbonyl (C=O) groups is 1. The number of anilines is 1. The lowest BCUT2D eigenvalue weighted by Crippen LogP contribution is -2.44. The SMILES string of the molecule is CC(C)(C)OC(=O)N1CCC(Nc2ccc(F)cc2N=[N+]=[N-])CC1. The molecule has 0 aliphatic carbocycles. The molecule has 1 fully saturated rings. The molecular weight excluding hydrogens is 313 g/mol. The molecule has 1 N–H and O–H groups in total. The summed E-state index contributed by atoms with van der Waals surface area (Å²) < 4.78 is 18.6. The van der Waals surface area contributed by atoms with E-state index in [2.05, 4.69) is 15.3 Å². The summed E-state index contributed by atoms with van der Waals surface area (Å²) in [7, 11) is 0. The molecule has 2 rings (SSSR count). The van der Waals surface area contributed by atoms with Crippen LogP contribution in [-0.2, 0) is 4.74 Å². The molecular formula is C16H22FN5O2. The molecule has 1 aliphatic heterocycles. The van der Waals surface area contributed by atoms with E-state index in [-0.39, 0.29) is 17.8 Å². The molecule has 0 radical (unpaired) electrons. The van der Waals surface area contributed by atoms with Crippen LogP contribution in [-0.4, -0.2) is 35.7 Å². The predicted molar refractivity (Wildman–Crippen MR) is 89.7 cm³/mol. The predicted octanol–water partition coefficient (Wildman–Crippen LogP) is 4.58. The van der Waals surface area contributed by atoms with Crippen molar-refractivity contribution in [2.45, 2.75) is 45.3 Å². The van der Waals surface area contributed by atoms with Crippen LogP contribution in [0.3, 0.4) is 0 Å². The van der Waals surface area contributed by atoms with Crippen molar-refractivity contribution in [2.75, 3.05) is 18.4 Å². The molecule has 1 amide bonds. The largest absolute Gasteiger partial charge is 0.444 e. The Hall–Kier alpha value is -2.47. The molecule has 130 valence electrons. The third kappa shape index (κ3) is 5.03. The fourth-order valence-corrected chi connectivity index (χ4v) is 2.51. The molecule has 0 bridgehead atoms. The molecule has 1 aliphatic rings. The van der Waals surface area contributed by atoms with Gasteiger partial charge in [-0.05, 0) is 57.3 Å². The Morgan fingerprint density at radius 3 is 2.67 bits per heavy atom. The van der Waals surface area contributed by atoms with Crippen LogP contribution in [0.5, 0.6) is 0 Å². The standard InChI is InChI=1S/C16H22FN5O2/c1-16(2,3)24-15(23)22-8-6-12(7-9-22)19-13-5-4-11(17)10-14(13)20-21-18/h4-5,10,12,19H,6-9H2,1-3H3. The van der Waals surface area contributed by atoms with Crippen molar-refractivity contribution in [1.29, 1.82) is 0 Å². The first-order valence-electron chi connectivity index (χ1n) is 7.87. The zero-order valence-electron chi connectivity index (χ0n) is 14.1. The van der Waals surface area contributed by atoms with Gasteiger partial charge in [0.1, 0.15) is 11.4 Å². The molecule has 0 saturated carbocycles. The third-order valence-electron chi connectivity index (χ3n) is 3.62. The van der Waals surface area contributed by atoms with Crippen LogP contribution >= 0.6 is 0 Å². The molecule has 8 heteroatoms. The quantitative estimate of drug-likeness (QED) is 0.498. The molecule has 1 aromatic carbocycles. The van der Waals surface area contributed by atoms with Crippen molar-refractivity contribution >= 4 is 17.5 Å². The van der Waals surface area contributed by atoms with E-state index in [1.807, 2.05) is 20.8 Å². The van der Waals surface area contributed by atoms with E-state index in [4.69, 9.17) is 10.3 Å². The highest BCUT2D eigenvalue weighted by Crippen LogP contribution is 2.28. The van der Waals surface area contributed by atoms with Gasteiger partial charge in [0, 0.05) is 29.7 Å². The minimum atomic E-state index is -0.509. The van der Waals surface area contributed by atoms with Crippen molar-refractivity contribution in [3.05, 3.63) is 34.5 Å². The van der Waals surface area contributed by atoms with Gasteiger partial charge in [0.15, 0.2) is 0 Å². The third-order valence-corrected chi connectivity index (χ3v) is 3.62. The van der Waals surface area contributed by atoms with Crippen LogP contribution in [0.25, 0.3) is 10.4 Å². The van der Waals surface area contributed by atoms with Gasteiger partial charge in [0.05, 0.1) is 5.69 Å². The van der Waals surface area contributed by atoms with Gasteiger partial charge >= 0.3 is 6.09 Å². The van der Waals surface area contributed by atoms with Crippen molar-refractivity contribution < 1.29 is 13.9 Å². The number of hydrogen-bond acceptors (Lipinski definition) is 4. The number of nitrogens with zero attached hydrogens (tertiary/aromatic N) is 4. The number of hydrogen-bond donors (Lipinski definition) is 1. The van der Waals surface area contributed by atoms with Crippen LogP contribution in [0.2, 0.25) is 0 Å². The van der Waals surface area contributed by atoms with Crippen LogP contribution in [0.4, 0.5) is 20.6 Å². The first-order valence-corrected chi connectivity index (χ1v) is 7.87.